The summed E-state index contributed by atoms with van der Waals surface area (Å²) in [7, 11) is 0. The molecule has 0 N–H and O–H groups in total. The summed E-state index contributed by atoms with van der Waals surface area (Å²) in [5, 5.41) is 18.5. The van der Waals surface area contributed by atoms with Gasteiger partial charge >= 0.3 is 0 Å². The second-order valence-electron chi connectivity index (χ2n) is 16.0. The van der Waals surface area contributed by atoms with Crippen LogP contribution in [0.15, 0.2) is 170 Å². The Kier molecular flexibility index (Phi) is 6.71. The highest BCUT2D eigenvalue weighted by molar-refractivity contribution is 7.34. The molecule has 62 heavy (non-hydrogen) atoms. The summed E-state index contributed by atoms with van der Waals surface area (Å²) >= 11 is 7.67. The van der Waals surface area contributed by atoms with E-state index in [0.29, 0.717) is 0 Å². The summed E-state index contributed by atoms with van der Waals surface area (Å²) in [6.45, 7) is 0. The van der Waals surface area contributed by atoms with Gasteiger partial charge < -0.3 is 0 Å². The average Bonchev–Trinajstić information content (AvgIpc) is 4.19. The molecule has 8 heterocycles. The third kappa shape index (κ3) is 4.29. The normalized spacial score (nSPS) is 12.5. The lowest BCUT2D eigenvalue weighted by Gasteiger charge is -2.12. The zero-order valence-corrected chi connectivity index (χ0v) is 35.9. The number of imidazole rings is 2. The SMILES string of the molecule is c1ccc2c(c1)sc1c2c2sc3ccccc3c2c2c1c1ccccc1c1nccn12.c1ccc2c(c1)sc1c3sc4ccccc4c3c3c(c4ccccc4c4nccn43)c21. The van der Waals surface area contributed by atoms with Gasteiger partial charge in [-0.3, -0.25) is 8.80 Å². The van der Waals surface area contributed by atoms with Gasteiger partial charge in [0.05, 0.1) is 20.4 Å². The maximum absolute atomic E-state index is 4.77. The molecular weight excluding hydrogens is 833 g/mol. The van der Waals surface area contributed by atoms with Crippen molar-refractivity contribution in [1.29, 1.82) is 0 Å². The standard InChI is InChI=1S/2C27H14N2S2/c1-2-8-16-15(7-1)21-24(29-14-13-28-27(16)29)22-17-9-3-5-11-19(17)30-26(22)23-18-10-4-6-12-20(18)31-25(21)23;1-2-8-16-15(7-1)21-22-17-9-3-5-11-19(17)30-25(22)26-23(18-10-4-6-12-20(18)31-26)24(21)29-14-13-28-27(16)29/h2*1-14H. The van der Waals surface area contributed by atoms with Crippen LogP contribution >= 0.6 is 45.3 Å². The first kappa shape index (κ1) is 33.7. The molecule has 0 spiro atoms. The minimum absolute atomic E-state index is 1.03. The highest BCUT2D eigenvalue weighted by Gasteiger charge is 2.24. The van der Waals surface area contributed by atoms with Gasteiger partial charge in [-0.15, -0.1) is 45.3 Å². The van der Waals surface area contributed by atoms with E-state index in [1.165, 1.54) is 124 Å². The second-order valence-corrected chi connectivity index (χ2v) is 20.2. The van der Waals surface area contributed by atoms with Crippen LogP contribution in [0.4, 0.5) is 0 Å². The van der Waals surface area contributed by atoms with Crippen molar-refractivity contribution in [2.45, 2.75) is 0 Å². The Bertz CT molecular complexity index is 4590. The van der Waals surface area contributed by atoms with Gasteiger partial charge in [-0.25, -0.2) is 9.97 Å². The molecule has 0 aliphatic carbocycles. The number of hydrogen-bond donors (Lipinski definition) is 0. The molecule has 0 atom stereocenters. The first-order valence-electron chi connectivity index (χ1n) is 20.6. The largest absolute Gasteiger partial charge is 0.298 e. The van der Waals surface area contributed by atoms with Crippen molar-refractivity contribution in [3.05, 3.63) is 170 Å². The Morgan fingerprint density at radius 3 is 1.11 bits per heavy atom. The van der Waals surface area contributed by atoms with Crippen molar-refractivity contribution >= 4 is 181 Å². The minimum atomic E-state index is 1.03. The molecule has 0 amide bonds. The lowest BCUT2D eigenvalue weighted by molar-refractivity contribution is 1.28. The van der Waals surface area contributed by atoms with Gasteiger partial charge in [0.1, 0.15) is 11.3 Å². The van der Waals surface area contributed by atoms with Gasteiger partial charge in [0.25, 0.3) is 0 Å². The average molecular weight is 861 g/mol. The number of aromatic nitrogens is 4. The molecule has 8 aromatic heterocycles. The number of thiophene rings is 4. The van der Waals surface area contributed by atoms with Crippen molar-refractivity contribution in [3.63, 3.8) is 0 Å². The van der Waals surface area contributed by atoms with Gasteiger partial charge in [0.15, 0.2) is 0 Å². The lowest BCUT2D eigenvalue weighted by atomic mass is 9.98. The van der Waals surface area contributed by atoms with E-state index in [2.05, 4.69) is 167 Å². The van der Waals surface area contributed by atoms with Gasteiger partial charge in [0.2, 0.25) is 0 Å². The van der Waals surface area contributed by atoms with Crippen LogP contribution in [0.1, 0.15) is 0 Å². The van der Waals surface area contributed by atoms with E-state index in [-0.39, 0.29) is 0 Å². The fraction of sp³-hybridized carbons (Fsp3) is 0. The summed E-state index contributed by atoms with van der Waals surface area (Å²) in [6.07, 6.45) is 8.10. The molecule has 0 saturated heterocycles. The maximum atomic E-state index is 4.77. The fourth-order valence-electron chi connectivity index (χ4n) is 10.4. The van der Waals surface area contributed by atoms with Crippen LogP contribution in [0, 0.1) is 0 Å². The zero-order chi connectivity index (χ0) is 40.2. The second kappa shape index (κ2) is 12.3. The first-order valence-corrected chi connectivity index (χ1v) is 23.9. The van der Waals surface area contributed by atoms with Crippen LogP contribution in [-0.4, -0.2) is 18.8 Å². The number of pyridine rings is 2. The fourth-order valence-corrected chi connectivity index (χ4v) is 15.6. The summed E-state index contributed by atoms with van der Waals surface area (Å²) in [4.78, 5) is 9.53. The van der Waals surface area contributed by atoms with E-state index < -0.39 is 0 Å². The number of nitrogens with zero attached hydrogens (tertiary/aromatic N) is 4. The Balaban J connectivity index is 0.000000116. The van der Waals surface area contributed by atoms with Gasteiger partial charge in [-0.1, -0.05) is 121 Å². The van der Waals surface area contributed by atoms with E-state index in [1.807, 2.05) is 57.7 Å². The van der Waals surface area contributed by atoms with E-state index in [4.69, 9.17) is 9.97 Å². The van der Waals surface area contributed by atoms with Gasteiger partial charge in [0, 0.05) is 118 Å². The van der Waals surface area contributed by atoms with Gasteiger partial charge in [-0.05, 0) is 35.0 Å². The summed E-state index contributed by atoms with van der Waals surface area (Å²) in [6, 6.07) is 52.8. The first-order chi connectivity index (χ1) is 30.8. The summed E-state index contributed by atoms with van der Waals surface area (Å²) in [5.74, 6) is 0. The Morgan fingerprint density at radius 1 is 0.290 bits per heavy atom. The molecule has 0 unspecified atom stereocenters. The highest BCUT2D eigenvalue weighted by Crippen LogP contribution is 2.52. The molecule has 8 heteroatoms. The van der Waals surface area contributed by atoms with Crippen LogP contribution in [0.25, 0.3) is 135 Å². The van der Waals surface area contributed by atoms with E-state index in [0.717, 1.165) is 11.3 Å². The van der Waals surface area contributed by atoms with Crippen LogP contribution in [0.5, 0.6) is 0 Å². The van der Waals surface area contributed by atoms with Crippen molar-refractivity contribution in [2.75, 3.05) is 0 Å². The van der Waals surface area contributed by atoms with Crippen molar-refractivity contribution in [3.8, 4) is 0 Å². The Labute approximate surface area is 367 Å². The minimum Gasteiger partial charge on any atom is -0.298 e. The maximum Gasteiger partial charge on any atom is 0.145 e. The highest BCUT2D eigenvalue weighted by atomic mass is 32.1. The third-order valence-electron chi connectivity index (χ3n) is 12.9. The van der Waals surface area contributed by atoms with Crippen molar-refractivity contribution in [2.24, 2.45) is 0 Å². The van der Waals surface area contributed by atoms with E-state index >= 15 is 0 Å². The molecule has 0 aliphatic rings. The smallest absolute Gasteiger partial charge is 0.145 e. The quantitative estimate of drug-likeness (QED) is 0.142. The molecule has 0 radical (unpaired) electrons. The molecule has 16 rings (SSSR count). The number of rotatable bonds is 0. The van der Waals surface area contributed by atoms with Crippen LogP contribution < -0.4 is 0 Å². The Morgan fingerprint density at radius 2 is 0.613 bits per heavy atom. The Hall–Kier alpha value is -6.94. The molecule has 8 aromatic carbocycles. The van der Waals surface area contributed by atoms with Crippen LogP contribution in [0.3, 0.4) is 0 Å². The zero-order valence-electron chi connectivity index (χ0n) is 32.6. The van der Waals surface area contributed by atoms with Crippen molar-refractivity contribution in [1.82, 2.24) is 18.8 Å². The summed E-state index contributed by atoms with van der Waals surface area (Å²) < 4.78 is 15.5. The number of hydrogen-bond acceptors (Lipinski definition) is 6. The molecule has 0 saturated carbocycles. The molecule has 0 aliphatic heterocycles. The van der Waals surface area contributed by atoms with Crippen LogP contribution in [-0.2, 0) is 0 Å². The molecule has 288 valence electrons. The third-order valence-corrected chi connectivity index (χ3v) is 17.8. The van der Waals surface area contributed by atoms with E-state index in [9.17, 15) is 0 Å². The number of fused-ring (bicyclic) bond motifs is 30. The molecule has 0 bridgehead atoms. The van der Waals surface area contributed by atoms with Crippen molar-refractivity contribution < 1.29 is 0 Å². The monoisotopic (exact) mass is 860 g/mol. The predicted molar refractivity (Wildman–Crippen MR) is 272 cm³/mol. The lowest BCUT2D eigenvalue weighted by Crippen LogP contribution is -1.92. The molecular formula is C54H28N4S4. The van der Waals surface area contributed by atoms with Crippen LogP contribution in [0.2, 0.25) is 0 Å². The molecule has 16 aromatic rings. The van der Waals surface area contributed by atoms with E-state index in [1.54, 1.807) is 0 Å². The topological polar surface area (TPSA) is 34.6 Å². The van der Waals surface area contributed by atoms with Gasteiger partial charge in [-0.2, -0.15) is 0 Å². The predicted octanol–water partition coefficient (Wildman–Crippen LogP) is 16.8. The number of benzene rings is 8. The molecule has 0 fully saturated rings. The molecule has 4 nitrogen and oxygen atoms in total. The summed E-state index contributed by atoms with van der Waals surface area (Å²) in [5.41, 5.74) is 4.60.